The highest BCUT2D eigenvalue weighted by atomic mass is 16.5. The molecule has 1 aromatic carbocycles. The molecule has 98 valence electrons. The summed E-state index contributed by atoms with van der Waals surface area (Å²) in [5, 5.41) is 18.6. The van der Waals surface area contributed by atoms with Crippen molar-refractivity contribution in [3.8, 4) is 11.5 Å². The number of nitrogens with zero attached hydrogens (tertiary/aromatic N) is 1. The van der Waals surface area contributed by atoms with Gasteiger partial charge in [0.25, 0.3) is 5.91 Å². The van der Waals surface area contributed by atoms with Crippen molar-refractivity contribution in [2.45, 2.75) is 25.5 Å². The summed E-state index contributed by atoms with van der Waals surface area (Å²) in [6.45, 7) is 2.60. The fraction of sp³-hybridized carbons (Fsp3) is 0.462. The van der Waals surface area contributed by atoms with E-state index in [4.69, 9.17) is 4.74 Å². The molecule has 1 aromatic rings. The molecule has 2 rings (SSSR count). The summed E-state index contributed by atoms with van der Waals surface area (Å²) in [4.78, 5) is 13.8. The van der Waals surface area contributed by atoms with Crippen LogP contribution in [-0.4, -0.2) is 46.8 Å². The van der Waals surface area contributed by atoms with Crippen LogP contribution in [0.15, 0.2) is 18.2 Å². The third-order valence-electron chi connectivity index (χ3n) is 3.38. The third-order valence-corrected chi connectivity index (χ3v) is 3.38. The Bertz CT molecular complexity index is 460. The molecule has 1 heterocycles. The van der Waals surface area contributed by atoms with E-state index in [1.54, 1.807) is 11.9 Å². The third kappa shape index (κ3) is 2.26. The molecule has 5 nitrogen and oxygen atoms in total. The van der Waals surface area contributed by atoms with Crippen LogP contribution < -0.4 is 0 Å². The summed E-state index contributed by atoms with van der Waals surface area (Å²) in [6.07, 6.45) is 0.831. The number of ether oxygens (including phenoxy) is 1. The van der Waals surface area contributed by atoms with Gasteiger partial charge in [-0.1, -0.05) is 0 Å². The molecule has 1 amide bonds. The minimum atomic E-state index is -0.287. The Morgan fingerprint density at radius 1 is 1.39 bits per heavy atom. The molecule has 2 N–H and O–H groups in total. The molecule has 5 heteroatoms. The van der Waals surface area contributed by atoms with Crippen molar-refractivity contribution in [2.75, 3.05) is 13.7 Å². The number of hydrogen-bond acceptors (Lipinski definition) is 4. The van der Waals surface area contributed by atoms with Crippen molar-refractivity contribution < 1.29 is 19.7 Å². The molecule has 0 radical (unpaired) electrons. The fourth-order valence-corrected chi connectivity index (χ4v) is 2.24. The number of rotatable bonds is 2. The number of carbonyl (C=O) groups excluding carboxylic acids is 1. The van der Waals surface area contributed by atoms with Crippen molar-refractivity contribution in [3.63, 3.8) is 0 Å². The molecule has 2 unspecified atom stereocenters. The first-order valence-corrected chi connectivity index (χ1v) is 5.91. The minimum Gasteiger partial charge on any atom is -0.504 e. The Labute approximate surface area is 106 Å². The van der Waals surface area contributed by atoms with Crippen LogP contribution in [0, 0.1) is 0 Å². The molecule has 2 atom stereocenters. The lowest BCUT2D eigenvalue weighted by atomic mass is 10.1. The van der Waals surface area contributed by atoms with E-state index in [9.17, 15) is 15.0 Å². The van der Waals surface area contributed by atoms with Gasteiger partial charge in [0.1, 0.15) is 0 Å². The molecular formula is C13H17NO4. The number of hydrogen-bond donors (Lipinski definition) is 2. The second-order valence-corrected chi connectivity index (χ2v) is 4.55. The quantitative estimate of drug-likeness (QED) is 0.778. The Morgan fingerprint density at radius 2 is 2.11 bits per heavy atom. The van der Waals surface area contributed by atoms with Crippen LogP contribution in [0.5, 0.6) is 11.5 Å². The van der Waals surface area contributed by atoms with E-state index in [-0.39, 0.29) is 29.6 Å². The standard InChI is InChI=1S/C13H17NO4/c1-8-10(5-6-18-8)14(2)13(17)9-3-4-11(15)12(16)7-9/h3-4,7-8,10,15-16H,5-6H2,1-2H3. The molecule has 18 heavy (non-hydrogen) atoms. The van der Waals surface area contributed by atoms with Crippen molar-refractivity contribution in [1.82, 2.24) is 4.90 Å². The smallest absolute Gasteiger partial charge is 0.254 e. The number of phenolic OH excluding ortho intramolecular Hbond substituents is 2. The van der Waals surface area contributed by atoms with Gasteiger partial charge < -0.3 is 19.8 Å². The number of carbonyl (C=O) groups is 1. The zero-order valence-electron chi connectivity index (χ0n) is 10.5. The van der Waals surface area contributed by atoms with Crippen LogP contribution in [0.3, 0.4) is 0 Å². The summed E-state index contributed by atoms with van der Waals surface area (Å²) in [6, 6.07) is 4.13. The van der Waals surface area contributed by atoms with Crippen LogP contribution in [-0.2, 0) is 4.74 Å². The van der Waals surface area contributed by atoms with Gasteiger partial charge in [0.05, 0.1) is 12.1 Å². The number of likely N-dealkylation sites (N-methyl/N-ethyl adjacent to an activating group) is 1. The molecular weight excluding hydrogens is 234 g/mol. The maximum Gasteiger partial charge on any atom is 0.254 e. The van der Waals surface area contributed by atoms with Crippen LogP contribution in [0.2, 0.25) is 0 Å². The highest BCUT2D eigenvalue weighted by Gasteiger charge is 2.31. The maximum absolute atomic E-state index is 12.2. The monoisotopic (exact) mass is 251 g/mol. The topological polar surface area (TPSA) is 70.0 Å². The van der Waals surface area contributed by atoms with E-state index in [1.807, 2.05) is 6.92 Å². The fourth-order valence-electron chi connectivity index (χ4n) is 2.24. The van der Waals surface area contributed by atoms with Gasteiger partial charge in [-0.15, -0.1) is 0 Å². The Morgan fingerprint density at radius 3 is 2.67 bits per heavy atom. The predicted molar refractivity (Wildman–Crippen MR) is 65.7 cm³/mol. The summed E-state index contributed by atoms with van der Waals surface area (Å²) in [5.74, 6) is -0.704. The molecule has 1 fully saturated rings. The van der Waals surface area contributed by atoms with E-state index >= 15 is 0 Å². The van der Waals surface area contributed by atoms with Crippen molar-refractivity contribution in [2.24, 2.45) is 0 Å². The first kappa shape index (κ1) is 12.7. The Hall–Kier alpha value is -1.75. The minimum absolute atomic E-state index is 0.0182. The average molecular weight is 251 g/mol. The number of amides is 1. The molecule has 1 aliphatic heterocycles. The van der Waals surface area contributed by atoms with E-state index < -0.39 is 0 Å². The molecule has 0 saturated carbocycles. The molecule has 1 aliphatic rings. The van der Waals surface area contributed by atoms with Gasteiger partial charge in [0, 0.05) is 19.2 Å². The second kappa shape index (κ2) is 4.86. The average Bonchev–Trinajstić information content (AvgIpc) is 2.77. The van der Waals surface area contributed by atoms with Gasteiger partial charge in [0.2, 0.25) is 0 Å². The van der Waals surface area contributed by atoms with Crippen LogP contribution in [0.4, 0.5) is 0 Å². The molecule has 0 bridgehead atoms. The van der Waals surface area contributed by atoms with Crippen molar-refractivity contribution in [1.29, 1.82) is 0 Å². The normalized spacial score (nSPS) is 23.0. The molecule has 0 aliphatic carbocycles. The van der Waals surface area contributed by atoms with Gasteiger partial charge in [-0.25, -0.2) is 0 Å². The highest BCUT2D eigenvalue weighted by Crippen LogP contribution is 2.26. The van der Waals surface area contributed by atoms with Crippen molar-refractivity contribution >= 4 is 5.91 Å². The van der Waals surface area contributed by atoms with E-state index in [2.05, 4.69) is 0 Å². The number of aromatic hydroxyl groups is 2. The highest BCUT2D eigenvalue weighted by molar-refractivity contribution is 5.95. The van der Waals surface area contributed by atoms with E-state index in [0.717, 1.165) is 6.42 Å². The zero-order valence-corrected chi connectivity index (χ0v) is 10.5. The van der Waals surface area contributed by atoms with E-state index in [0.29, 0.717) is 12.2 Å². The largest absolute Gasteiger partial charge is 0.504 e. The van der Waals surface area contributed by atoms with Crippen LogP contribution >= 0.6 is 0 Å². The Balaban J connectivity index is 2.17. The Kier molecular flexibility index (Phi) is 3.43. The zero-order chi connectivity index (χ0) is 13.3. The number of benzene rings is 1. The summed E-state index contributed by atoms with van der Waals surface area (Å²) in [7, 11) is 1.72. The summed E-state index contributed by atoms with van der Waals surface area (Å²) < 4.78 is 5.43. The first-order chi connectivity index (χ1) is 8.50. The summed E-state index contributed by atoms with van der Waals surface area (Å²) >= 11 is 0. The van der Waals surface area contributed by atoms with Gasteiger partial charge in [-0.3, -0.25) is 4.79 Å². The van der Waals surface area contributed by atoms with Crippen molar-refractivity contribution in [3.05, 3.63) is 23.8 Å². The SMILES string of the molecule is CC1OCCC1N(C)C(=O)c1ccc(O)c(O)c1. The lowest BCUT2D eigenvalue weighted by molar-refractivity contribution is 0.0574. The lowest BCUT2D eigenvalue weighted by Crippen LogP contribution is -2.40. The van der Waals surface area contributed by atoms with Crippen LogP contribution in [0.25, 0.3) is 0 Å². The second-order valence-electron chi connectivity index (χ2n) is 4.55. The lowest BCUT2D eigenvalue weighted by Gasteiger charge is -2.26. The number of phenols is 2. The van der Waals surface area contributed by atoms with Gasteiger partial charge in [-0.05, 0) is 31.5 Å². The van der Waals surface area contributed by atoms with Gasteiger partial charge in [0.15, 0.2) is 11.5 Å². The van der Waals surface area contributed by atoms with Crippen LogP contribution in [0.1, 0.15) is 23.7 Å². The van der Waals surface area contributed by atoms with E-state index in [1.165, 1.54) is 18.2 Å². The first-order valence-electron chi connectivity index (χ1n) is 5.91. The molecule has 0 spiro atoms. The molecule has 1 saturated heterocycles. The van der Waals surface area contributed by atoms with Gasteiger partial charge >= 0.3 is 0 Å². The predicted octanol–water partition coefficient (Wildman–Crippen LogP) is 1.35. The molecule has 0 aromatic heterocycles. The maximum atomic E-state index is 12.2. The summed E-state index contributed by atoms with van der Waals surface area (Å²) in [5.41, 5.74) is 0.354. The van der Waals surface area contributed by atoms with Gasteiger partial charge in [-0.2, -0.15) is 0 Å².